The van der Waals surface area contributed by atoms with Crippen molar-refractivity contribution < 1.29 is 4.92 Å². The maximum Gasteiger partial charge on any atom is 0.330 e. The van der Waals surface area contributed by atoms with E-state index in [9.17, 15) is 10.1 Å². The summed E-state index contributed by atoms with van der Waals surface area (Å²) >= 11 is 0. The predicted molar refractivity (Wildman–Crippen MR) is 52.7 cm³/mol. The number of hydrogen-bond donors (Lipinski definition) is 1. The van der Waals surface area contributed by atoms with Gasteiger partial charge in [0, 0.05) is 6.54 Å². The first-order valence-corrected chi connectivity index (χ1v) is 4.52. The van der Waals surface area contributed by atoms with Crippen molar-refractivity contribution in [3.05, 3.63) is 16.3 Å². The molecular weight excluding hydrogens is 184 g/mol. The van der Waals surface area contributed by atoms with E-state index in [1.165, 1.54) is 10.9 Å². The third kappa shape index (κ3) is 2.01. The van der Waals surface area contributed by atoms with Crippen molar-refractivity contribution in [3.8, 4) is 0 Å². The Morgan fingerprint density at radius 1 is 1.79 bits per heavy atom. The lowest BCUT2D eigenvalue weighted by Gasteiger charge is -2.08. The molecule has 1 rings (SSSR count). The number of nitrogen functional groups attached to an aromatic ring is 1. The maximum atomic E-state index is 10.5. The summed E-state index contributed by atoms with van der Waals surface area (Å²) in [5.74, 6) is 0.548. The van der Waals surface area contributed by atoms with Gasteiger partial charge in [0.15, 0.2) is 0 Å². The quantitative estimate of drug-likeness (QED) is 0.585. The lowest BCUT2D eigenvalue weighted by Crippen LogP contribution is -2.11. The molecule has 6 heteroatoms. The van der Waals surface area contributed by atoms with Crippen LogP contribution in [0.4, 0.5) is 11.5 Å². The topological polar surface area (TPSA) is 87.0 Å². The fourth-order valence-electron chi connectivity index (χ4n) is 1.10. The Labute approximate surface area is 81.9 Å². The summed E-state index contributed by atoms with van der Waals surface area (Å²) in [5, 5.41) is 14.3. The molecular formula is C8H14N4O2. The standard InChI is InChI=1S/C8H14N4O2/c1-3-6(2)5-11-8(9)7(4-10-11)12(13)14/h4,6H,3,5,9H2,1-2H3. The summed E-state index contributed by atoms with van der Waals surface area (Å²) in [6, 6.07) is 0. The number of nitro groups is 1. The molecule has 0 aromatic carbocycles. The van der Waals surface area contributed by atoms with Gasteiger partial charge in [0.1, 0.15) is 6.20 Å². The number of nitrogens with zero attached hydrogens (tertiary/aromatic N) is 3. The Kier molecular flexibility index (Phi) is 3.06. The molecule has 0 aliphatic heterocycles. The van der Waals surface area contributed by atoms with E-state index in [2.05, 4.69) is 12.0 Å². The van der Waals surface area contributed by atoms with Crippen LogP contribution in [0.25, 0.3) is 0 Å². The van der Waals surface area contributed by atoms with Crippen LogP contribution in [0, 0.1) is 16.0 Å². The van der Waals surface area contributed by atoms with Crippen molar-refractivity contribution >= 4 is 11.5 Å². The summed E-state index contributed by atoms with van der Waals surface area (Å²) in [6.45, 7) is 4.72. The maximum absolute atomic E-state index is 10.5. The van der Waals surface area contributed by atoms with Crippen LogP contribution >= 0.6 is 0 Å². The van der Waals surface area contributed by atoms with Gasteiger partial charge in [0.25, 0.3) is 0 Å². The minimum Gasteiger partial charge on any atom is -0.378 e. The van der Waals surface area contributed by atoms with Gasteiger partial charge in [-0.2, -0.15) is 5.10 Å². The van der Waals surface area contributed by atoms with Crippen LogP contribution in [0.2, 0.25) is 0 Å². The highest BCUT2D eigenvalue weighted by Crippen LogP contribution is 2.20. The summed E-state index contributed by atoms with van der Waals surface area (Å²) < 4.78 is 1.48. The molecule has 1 heterocycles. The van der Waals surface area contributed by atoms with Gasteiger partial charge in [-0.1, -0.05) is 20.3 Å². The number of aromatic nitrogens is 2. The lowest BCUT2D eigenvalue weighted by atomic mass is 10.1. The van der Waals surface area contributed by atoms with Crippen LogP contribution in [0.5, 0.6) is 0 Å². The molecule has 6 nitrogen and oxygen atoms in total. The van der Waals surface area contributed by atoms with Crippen LogP contribution in [0.15, 0.2) is 6.20 Å². The molecule has 0 fully saturated rings. The molecule has 1 aromatic heterocycles. The summed E-state index contributed by atoms with van der Waals surface area (Å²) in [7, 11) is 0. The van der Waals surface area contributed by atoms with E-state index >= 15 is 0 Å². The SMILES string of the molecule is CCC(C)Cn1ncc([N+](=O)[O-])c1N. The molecule has 0 radical (unpaired) electrons. The van der Waals surface area contributed by atoms with Crippen LogP contribution in [0.3, 0.4) is 0 Å². The van der Waals surface area contributed by atoms with Crippen molar-refractivity contribution in [2.24, 2.45) is 5.92 Å². The van der Waals surface area contributed by atoms with E-state index in [-0.39, 0.29) is 11.5 Å². The second-order valence-electron chi connectivity index (χ2n) is 3.37. The van der Waals surface area contributed by atoms with Crippen molar-refractivity contribution in [2.75, 3.05) is 5.73 Å². The van der Waals surface area contributed by atoms with E-state index in [1.54, 1.807) is 0 Å². The van der Waals surface area contributed by atoms with Gasteiger partial charge in [0.05, 0.1) is 4.92 Å². The Hall–Kier alpha value is -1.59. The smallest absolute Gasteiger partial charge is 0.330 e. The van der Waals surface area contributed by atoms with Gasteiger partial charge in [-0.15, -0.1) is 0 Å². The summed E-state index contributed by atoms with van der Waals surface area (Å²) in [4.78, 5) is 9.94. The fourth-order valence-corrected chi connectivity index (χ4v) is 1.10. The monoisotopic (exact) mass is 198 g/mol. The molecule has 1 atom stereocenters. The first-order valence-electron chi connectivity index (χ1n) is 4.52. The Balaban J connectivity index is 2.84. The highest BCUT2D eigenvalue weighted by Gasteiger charge is 2.17. The van der Waals surface area contributed by atoms with Gasteiger partial charge in [-0.3, -0.25) is 10.1 Å². The molecule has 0 aliphatic rings. The van der Waals surface area contributed by atoms with Gasteiger partial charge >= 0.3 is 5.69 Å². The Bertz CT molecular complexity index is 334. The predicted octanol–water partition coefficient (Wildman–Crippen LogP) is 1.42. The van der Waals surface area contributed by atoms with E-state index in [1.807, 2.05) is 6.92 Å². The molecule has 0 amide bonds. The van der Waals surface area contributed by atoms with Gasteiger partial charge < -0.3 is 5.73 Å². The van der Waals surface area contributed by atoms with Crippen LogP contribution < -0.4 is 5.73 Å². The fraction of sp³-hybridized carbons (Fsp3) is 0.625. The van der Waals surface area contributed by atoms with Crippen molar-refractivity contribution in [3.63, 3.8) is 0 Å². The third-order valence-electron chi connectivity index (χ3n) is 2.24. The van der Waals surface area contributed by atoms with E-state index in [4.69, 9.17) is 5.73 Å². The van der Waals surface area contributed by atoms with Crippen LogP contribution in [0.1, 0.15) is 20.3 Å². The first-order chi connectivity index (χ1) is 6.56. The van der Waals surface area contributed by atoms with Gasteiger partial charge in [0.2, 0.25) is 5.82 Å². The molecule has 0 aliphatic carbocycles. The van der Waals surface area contributed by atoms with Crippen LogP contribution in [-0.4, -0.2) is 14.7 Å². The molecule has 1 unspecified atom stereocenters. The molecule has 2 N–H and O–H groups in total. The molecule has 1 aromatic rings. The average molecular weight is 198 g/mol. The van der Waals surface area contributed by atoms with E-state index in [0.29, 0.717) is 12.5 Å². The molecule has 0 spiro atoms. The molecule has 14 heavy (non-hydrogen) atoms. The zero-order valence-electron chi connectivity index (χ0n) is 8.30. The largest absolute Gasteiger partial charge is 0.378 e. The van der Waals surface area contributed by atoms with Crippen molar-refractivity contribution in [1.82, 2.24) is 9.78 Å². The Morgan fingerprint density at radius 2 is 2.43 bits per heavy atom. The molecule has 0 saturated heterocycles. The van der Waals surface area contributed by atoms with Crippen molar-refractivity contribution in [2.45, 2.75) is 26.8 Å². The second-order valence-corrected chi connectivity index (χ2v) is 3.37. The molecule has 0 saturated carbocycles. The summed E-state index contributed by atoms with van der Waals surface area (Å²) in [5.41, 5.74) is 5.45. The van der Waals surface area contributed by atoms with Gasteiger partial charge in [-0.25, -0.2) is 4.68 Å². The summed E-state index contributed by atoms with van der Waals surface area (Å²) in [6.07, 6.45) is 2.19. The van der Waals surface area contributed by atoms with E-state index < -0.39 is 4.92 Å². The van der Waals surface area contributed by atoms with E-state index in [0.717, 1.165) is 6.42 Å². The normalized spacial score (nSPS) is 12.7. The number of anilines is 1. The van der Waals surface area contributed by atoms with Crippen molar-refractivity contribution in [1.29, 1.82) is 0 Å². The highest BCUT2D eigenvalue weighted by molar-refractivity contribution is 5.51. The highest BCUT2D eigenvalue weighted by atomic mass is 16.6. The minimum absolute atomic E-state index is 0.117. The second kappa shape index (κ2) is 4.08. The first kappa shape index (κ1) is 10.5. The van der Waals surface area contributed by atoms with Crippen LogP contribution in [-0.2, 0) is 6.54 Å². The Morgan fingerprint density at radius 3 is 2.86 bits per heavy atom. The molecule has 78 valence electrons. The zero-order chi connectivity index (χ0) is 10.7. The van der Waals surface area contributed by atoms with Gasteiger partial charge in [-0.05, 0) is 5.92 Å². The third-order valence-corrected chi connectivity index (χ3v) is 2.24. The lowest BCUT2D eigenvalue weighted by molar-refractivity contribution is -0.384. The number of rotatable bonds is 4. The molecule has 0 bridgehead atoms. The number of hydrogen-bond acceptors (Lipinski definition) is 4. The zero-order valence-corrected chi connectivity index (χ0v) is 8.30. The number of nitrogens with two attached hydrogens (primary N) is 1. The average Bonchev–Trinajstić information content (AvgIpc) is 2.48. The minimum atomic E-state index is -0.518.